The van der Waals surface area contributed by atoms with Crippen LogP contribution in [-0.4, -0.2) is 50.1 Å². The number of carbonyl (C=O) groups excluding carboxylic acids is 4. The van der Waals surface area contributed by atoms with Crippen LogP contribution < -0.4 is 10.6 Å². The van der Waals surface area contributed by atoms with E-state index in [1.165, 1.54) is 0 Å². The van der Waals surface area contributed by atoms with Crippen molar-refractivity contribution >= 4 is 23.8 Å². The Bertz CT molecular complexity index is 456. The zero-order valence-electron chi connectivity index (χ0n) is 16.0. The number of hydrogen-bond acceptors (Lipinski definition) is 6. The molecule has 0 radical (unpaired) electrons. The number of amides is 2. The number of hydrogen-bond donors (Lipinski definition) is 2. The number of carbonyl (C=O) groups is 4. The van der Waals surface area contributed by atoms with E-state index in [-0.39, 0.29) is 36.9 Å². The highest BCUT2D eigenvalue weighted by Crippen LogP contribution is 1.93. The van der Waals surface area contributed by atoms with Crippen molar-refractivity contribution < 1.29 is 28.7 Å². The van der Waals surface area contributed by atoms with Crippen molar-refractivity contribution in [3.63, 3.8) is 0 Å². The minimum absolute atomic E-state index is 0.0530. The van der Waals surface area contributed by atoms with Crippen molar-refractivity contribution in [2.24, 2.45) is 11.8 Å². The number of ether oxygens (including phenoxy) is 2. The van der Waals surface area contributed by atoms with Crippen LogP contribution in [0, 0.1) is 11.8 Å². The monoisotopic (exact) mass is 370 g/mol. The van der Waals surface area contributed by atoms with Crippen LogP contribution in [0.2, 0.25) is 0 Å². The predicted octanol–water partition coefficient (Wildman–Crippen LogP) is 0.954. The largest absolute Gasteiger partial charge is 0.462 e. The molecule has 0 atom stereocenters. The van der Waals surface area contributed by atoms with E-state index in [1.54, 1.807) is 27.7 Å². The lowest BCUT2D eigenvalue weighted by Crippen LogP contribution is -2.29. The Morgan fingerprint density at radius 1 is 0.731 bits per heavy atom. The van der Waals surface area contributed by atoms with E-state index in [4.69, 9.17) is 9.47 Å². The van der Waals surface area contributed by atoms with Crippen LogP contribution in [0.3, 0.4) is 0 Å². The van der Waals surface area contributed by atoms with Gasteiger partial charge in [-0.05, 0) is 12.8 Å². The standard InChI is InChI=1S/C18H30N2O6/c1-13(2)17(23)19-9-5-11-25-15(21)7-8-16(22)26-12-6-10-20-18(24)14(3)4/h7-8,13-14H,5-6,9-12H2,1-4H3,(H,19,23)(H,20,24)/b8-7+. The summed E-state index contributed by atoms with van der Waals surface area (Å²) in [6.07, 6.45) is 2.97. The molecule has 0 fully saturated rings. The minimum atomic E-state index is -0.652. The summed E-state index contributed by atoms with van der Waals surface area (Å²) >= 11 is 0. The molecule has 0 saturated carbocycles. The fourth-order valence-corrected chi connectivity index (χ4v) is 1.55. The molecule has 0 rings (SSSR count). The van der Waals surface area contributed by atoms with Gasteiger partial charge in [0.05, 0.1) is 13.2 Å². The molecule has 0 unspecified atom stereocenters. The third kappa shape index (κ3) is 13.0. The Morgan fingerprint density at radius 2 is 1.08 bits per heavy atom. The fraction of sp³-hybridized carbons (Fsp3) is 0.667. The Morgan fingerprint density at radius 3 is 1.38 bits per heavy atom. The summed E-state index contributed by atoms with van der Waals surface area (Å²) in [5.74, 6) is -1.58. The maximum atomic E-state index is 11.4. The van der Waals surface area contributed by atoms with Gasteiger partial charge in [0.25, 0.3) is 0 Å². The van der Waals surface area contributed by atoms with Crippen molar-refractivity contribution in [3.05, 3.63) is 12.2 Å². The second-order valence-corrected chi connectivity index (χ2v) is 6.27. The van der Waals surface area contributed by atoms with Crippen molar-refractivity contribution in [2.75, 3.05) is 26.3 Å². The molecule has 0 aliphatic rings. The lowest BCUT2D eigenvalue weighted by atomic mass is 10.2. The van der Waals surface area contributed by atoms with Crippen LogP contribution >= 0.6 is 0 Å². The van der Waals surface area contributed by atoms with E-state index in [9.17, 15) is 19.2 Å². The minimum Gasteiger partial charge on any atom is -0.462 e. The van der Waals surface area contributed by atoms with Crippen molar-refractivity contribution in [1.82, 2.24) is 10.6 Å². The van der Waals surface area contributed by atoms with Crippen LogP contribution in [0.25, 0.3) is 0 Å². The zero-order chi connectivity index (χ0) is 19.9. The molecule has 8 nitrogen and oxygen atoms in total. The van der Waals surface area contributed by atoms with Gasteiger partial charge in [-0.2, -0.15) is 0 Å². The summed E-state index contributed by atoms with van der Waals surface area (Å²) in [6, 6.07) is 0. The Hall–Kier alpha value is -2.38. The third-order valence-electron chi connectivity index (χ3n) is 3.13. The van der Waals surface area contributed by atoms with Crippen LogP contribution in [0.1, 0.15) is 40.5 Å². The molecule has 0 aromatic rings. The summed E-state index contributed by atoms with van der Waals surface area (Å²) in [7, 11) is 0. The molecule has 0 aromatic carbocycles. The molecular formula is C18H30N2O6. The van der Waals surface area contributed by atoms with Crippen LogP contribution in [0.15, 0.2) is 12.2 Å². The molecule has 0 aliphatic heterocycles. The second-order valence-electron chi connectivity index (χ2n) is 6.27. The topological polar surface area (TPSA) is 111 Å². The molecule has 2 amide bonds. The van der Waals surface area contributed by atoms with Crippen molar-refractivity contribution in [3.8, 4) is 0 Å². The van der Waals surface area contributed by atoms with E-state index >= 15 is 0 Å². The van der Waals surface area contributed by atoms with Gasteiger partial charge in [-0.25, -0.2) is 9.59 Å². The summed E-state index contributed by atoms with van der Waals surface area (Å²) in [4.78, 5) is 45.4. The van der Waals surface area contributed by atoms with E-state index in [1.807, 2.05) is 0 Å². The summed E-state index contributed by atoms with van der Waals surface area (Å²) in [6.45, 7) is 8.30. The first-order valence-electron chi connectivity index (χ1n) is 8.81. The average molecular weight is 370 g/mol. The molecule has 26 heavy (non-hydrogen) atoms. The lowest BCUT2D eigenvalue weighted by molar-refractivity contribution is -0.140. The van der Waals surface area contributed by atoms with Crippen LogP contribution in [-0.2, 0) is 28.7 Å². The van der Waals surface area contributed by atoms with Crippen molar-refractivity contribution in [1.29, 1.82) is 0 Å². The predicted molar refractivity (Wildman–Crippen MR) is 96.0 cm³/mol. The average Bonchev–Trinajstić information content (AvgIpc) is 2.58. The number of rotatable bonds is 12. The smallest absolute Gasteiger partial charge is 0.331 e. The van der Waals surface area contributed by atoms with E-state index < -0.39 is 11.9 Å². The second kappa shape index (κ2) is 13.9. The molecule has 148 valence electrons. The van der Waals surface area contributed by atoms with E-state index in [2.05, 4.69) is 10.6 Å². The van der Waals surface area contributed by atoms with Gasteiger partial charge >= 0.3 is 11.9 Å². The molecule has 0 spiro atoms. The fourth-order valence-electron chi connectivity index (χ4n) is 1.55. The van der Waals surface area contributed by atoms with Gasteiger partial charge in [-0.3, -0.25) is 9.59 Å². The molecule has 8 heteroatoms. The van der Waals surface area contributed by atoms with Crippen LogP contribution in [0.5, 0.6) is 0 Å². The first-order chi connectivity index (χ1) is 12.2. The first kappa shape index (κ1) is 23.6. The van der Waals surface area contributed by atoms with Gasteiger partial charge in [-0.1, -0.05) is 27.7 Å². The van der Waals surface area contributed by atoms with Gasteiger partial charge in [0.15, 0.2) is 0 Å². The molecule has 0 saturated heterocycles. The van der Waals surface area contributed by atoms with Crippen LogP contribution in [0.4, 0.5) is 0 Å². The molecule has 0 bridgehead atoms. The molecule has 0 heterocycles. The molecule has 0 aliphatic carbocycles. The SMILES string of the molecule is CC(C)C(=O)NCCCOC(=O)/C=C/C(=O)OCCCNC(=O)C(C)C. The zero-order valence-corrected chi connectivity index (χ0v) is 16.0. The highest BCUT2D eigenvalue weighted by atomic mass is 16.5. The van der Waals surface area contributed by atoms with Gasteiger partial charge < -0.3 is 20.1 Å². The Balaban J connectivity index is 3.71. The summed E-state index contributed by atoms with van der Waals surface area (Å²) < 4.78 is 9.79. The lowest BCUT2D eigenvalue weighted by Gasteiger charge is -2.07. The van der Waals surface area contributed by atoms with E-state index in [0.717, 1.165) is 12.2 Å². The normalized spacial score (nSPS) is 10.8. The van der Waals surface area contributed by atoms with E-state index in [0.29, 0.717) is 25.9 Å². The Labute approximate surface area is 154 Å². The van der Waals surface area contributed by atoms with Gasteiger partial charge in [-0.15, -0.1) is 0 Å². The maximum Gasteiger partial charge on any atom is 0.331 e. The van der Waals surface area contributed by atoms with Gasteiger partial charge in [0.1, 0.15) is 0 Å². The van der Waals surface area contributed by atoms with Crippen molar-refractivity contribution in [2.45, 2.75) is 40.5 Å². The molecule has 0 aromatic heterocycles. The highest BCUT2D eigenvalue weighted by Gasteiger charge is 2.06. The third-order valence-corrected chi connectivity index (χ3v) is 3.13. The number of esters is 2. The molecular weight excluding hydrogens is 340 g/mol. The quantitative estimate of drug-likeness (QED) is 0.301. The molecule has 2 N–H and O–H groups in total. The first-order valence-corrected chi connectivity index (χ1v) is 8.81. The number of nitrogens with one attached hydrogen (secondary N) is 2. The van der Waals surface area contributed by atoms with Gasteiger partial charge in [0, 0.05) is 37.1 Å². The summed E-state index contributed by atoms with van der Waals surface area (Å²) in [5.41, 5.74) is 0. The maximum absolute atomic E-state index is 11.4. The Kier molecular flexibility index (Phi) is 12.6. The summed E-state index contributed by atoms with van der Waals surface area (Å²) in [5, 5.41) is 5.41. The van der Waals surface area contributed by atoms with Gasteiger partial charge in [0.2, 0.25) is 11.8 Å². The highest BCUT2D eigenvalue weighted by molar-refractivity contribution is 5.91.